The van der Waals surface area contributed by atoms with Crippen molar-refractivity contribution in [1.29, 1.82) is 0 Å². The molecular formula is C16H8N2. The topological polar surface area (TPSA) is 44.6 Å². The van der Waals surface area contributed by atoms with Gasteiger partial charge in [0.25, 0.3) is 0 Å². The van der Waals surface area contributed by atoms with Crippen LogP contribution in [0, 0.1) is 0 Å². The summed E-state index contributed by atoms with van der Waals surface area (Å²) in [5.41, 5.74) is 13.2. The van der Waals surface area contributed by atoms with Crippen molar-refractivity contribution in [2.45, 2.75) is 0 Å². The lowest BCUT2D eigenvalue weighted by Gasteiger charge is -1.94. The quantitative estimate of drug-likeness (QED) is 0.566. The Morgan fingerprint density at radius 3 is 1.22 bits per heavy atom. The second-order valence-electron chi connectivity index (χ2n) is 3.59. The van der Waals surface area contributed by atoms with E-state index in [1.165, 1.54) is 0 Å². The van der Waals surface area contributed by atoms with Gasteiger partial charge < -0.3 is 0 Å². The van der Waals surface area contributed by atoms with Crippen molar-refractivity contribution in [3.05, 3.63) is 82.7 Å². The van der Waals surface area contributed by atoms with Gasteiger partial charge in [0.2, 0.25) is 0 Å². The monoisotopic (exact) mass is 228 g/mol. The summed E-state index contributed by atoms with van der Waals surface area (Å²) in [6, 6.07) is 0. The summed E-state index contributed by atoms with van der Waals surface area (Å²) >= 11 is 0. The van der Waals surface area contributed by atoms with E-state index in [2.05, 4.69) is 22.9 Å². The van der Waals surface area contributed by atoms with Gasteiger partial charge in [-0.2, -0.15) is 10.8 Å². The van der Waals surface area contributed by atoms with Crippen molar-refractivity contribution in [1.82, 2.24) is 10.8 Å². The van der Waals surface area contributed by atoms with Gasteiger partial charge in [-0.3, -0.25) is 0 Å². The average Bonchev–Trinajstić information content (AvgIpc) is 2.39. The molecule has 2 rings (SSSR count). The fraction of sp³-hybridized carbons (Fsp3) is 0. The summed E-state index contributed by atoms with van der Waals surface area (Å²) in [6.07, 6.45) is 13.2. The minimum atomic E-state index is 0.218. The molecular weight excluding hydrogens is 220 g/mol. The van der Waals surface area contributed by atoms with Gasteiger partial charge in [0.05, 0.1) is 11.4 Å². The molecule has 0 aromatic heterocycles. The minimum Gasteiger partial charge on any atom is -0.151 e. The van der Waals surface area contributed by atoms with Gasteiger partial charge in [-0.1, -0.05) is 11.5 Å². The Labute approximate surface area is 105 Å². The fourth-order valence-electron chi connectivity index (χ4n) is 1.30. The first kappa shape index (κ1) is 11.6. The second-order valence-corrected chi connectivity index (χ2v) is 3.59. The highest BCUT2D eigenvalue weighted by Gasteiger charge is 1.94. The zero-order chi connectivity index (χ0) is 12.8. The maximum absolute atomic E-state index is 9.10. The molecule has 0 aromatic rings. The summed E-state index contributed by atoms with van der Waals surface area (Å²) in [4.78, 5) is 0. The Morgan fingerprint density at radius 1 is 0.556 bits per heavy atom. The molecule has 2 nitrogen and oxygen atoms in total. The van der Waals surface area contributed by atoms with Gasteiger partial charge in [0.15, 0.2) is 0 Å². The summed E-state index contributed by atoms with van der Waals surface area (Å²) in [6.45, 7) is 0. The third-order valence-corrected chi connectivity index (χ3v) is 2.21. The predicted octanol–water partition coefficient (Wildman–Crippen LogP) is 1.64. The number of hydrogen-bond acceptors (Lipinski definition) is 0. The molecule has 2 aliphatic rings. The molecule has 0 heterocycles. The molecule has 0 aliphatic heterocycles. The molecule has 2 radical (unpaired) electrons. The van der Waals surface area contributed by atoms with E-state index < -0.39 is 0 Å². The Morgan fingerprint density at radius 2 is 0.889 bits per heavy atom. The number of allylic oxidation sites excluding steroid dienone is 10. The van der Waals surface area contributed by atoms with E-state index in [1.807, 2.05) is 0 Å². The molecule has 0 saturated heterocycles. The Bertz CT molecular complexity index is 600. The second kappa shape index (κ2) is 5.48. The molecule has 0 unspecified atom stereocenters. The maximum Gasteiger partial charge on any atom is 0.0857 e. The predicted molar refractivity (Wildman–Crippen MR) is 71.9 cm³/mol. The van der Waals surface area contributed by atoms with Gasteiger partial charge in [-0.15, -0.1) is 0 Å². The molecule has 0 aromatic carbocycles. The molecule has 0 N–H and O–H groups in total. The zero-order valence-corrected chi connectivity index (χ0v) is 9.51. The first-order valence-corrected chi connectivity index (χ1v) is 5.34. The van der Waals surface area contributed by atoms with Crippen molar-refractivity contribution in [2.24, 2.45) is 0 Å². The molecule has 0 spiro atoms. The van der Waals surface area contributed by atoms with Crippen molar-refractivity contribution < 1.29 is 0 Å². The van der Waals surface area contributed by atoms with E-state index in [-0.39, 0.29) is 11.4 Å². The summed E-state index contributed by atoms with van der Waals surface area (Å²) in [5, 5.41) is 18.2. The molecule has 0 bridgehead atoms. The van der Waals surface area contributed by atoms with Crippen molar-refractivity contribution in [2.75, 3.05) is 0 Å². The average molecular weight is 228 g/mol. The van der Waals surface area contributed by atoms with E-state index >= 15 is 0 Å². The highest BCUT2D eigenvalue weighted by Crippen LogP contribution is 2.03. The number of hydrogen-bond donors (Lipinski definition) is 0. The SMILES string of the molecule is [N]=C1C=CC(=C=C=C=C=C2C=CC(=[N])C=C2)C=C1. The first-order chi connectivity index (χ1) is 8.74. The lowest BCUT2D eigenvalue weighted by Crippen LogP contribution is -1.92. The third-order valence-electron chi connectivity index (χ3n) is 2.21. The van der Waals surface area contributed by atoms with Crippen LogP contribution in [0.2, 0.25) is 0 Å². The van der Waals surface area contributed by atoms with Gasteiger partial charge in [-0.25, -0.2) is 0 Å². The Kier molecular flexibility index (Phi) is 3.54. The van der Waals surface area contributed by atoms with E-state index in [4.69, 9.17) is 10.8 Å². The largest absolute Gasteiger partial charge is 0.151 e. The molecule has 0 fully saturated rings. The Balaban J connectivity index is 2.32. The van der Waals surface area contributed by atoms with Crippen LogP contribution in [0.5, 0.6) is 0 Å². The maximum atomic E-state index is 9.10. The van der Waals surface area contributed by atoms with Crippen LogP contribution in [0.25, 0.3) is 0 Å². The van der Waals surface area contributed by atoms with E-state index in [0.717, 1.165) is 11.1 Å². The standard InChI is InChI=1S/C16H8N2/c17-15-9-5-13(6-10-15)3-1-2-4-14-7-11-16(18)12-8-14/h5-12H. The van der Waals surface area contributed by atoms with Gasteiger partial charge >= 0.3 is 0 Å². The summed E-state index contributed by atoms with van der Waals surface area (Å²) < 4.78 is 0. The highest BCUT2D eigenvalue weighted by atomic mass is 14.4. The smallest absolute Gasteiger partial charge is 0.0857 e. The zero-order valence-electron chi connectivity index (χ0n) is 9.51. The molecule has 0 amide bonds. The Hall–Kier alpha value is -2.84. The van der Waals surface area contributed by atoms with Crippen molar-refractivity contribution in [3.63, 3.8) is 0 Å². The van der Waals surface area contributed by atoms with Crippen molar-refractivity contribution in [3.8, 4) is 0 Å². The van der Waals surface area contributed by atoms with Crippen LogP contribution in [0.3, 0.4) is 0 Å². The van der Waals surface area contributed by atoms with Crippen LogP contribution >= 0.6 is 0 Å². The third kappa shape index (κ3) is 3.33. The lowest BCUT2D eigenvalue weighted by atomic mass is 10.1. The van der Waals surface area contributed by atoms with E-state index in [9.17, 15) is 0 Å². The van der Waals surface area contributed by atoms with Crippen LogP contribution in [0.1, 0.15) is 0 Å². The highest BCUT2D eigenvalue weighted by molar-refractivity contribution is 6.04. The van der Waals surface area contributed by atoms with Crippen LogP contribution in [0.4, 0.5) is 0 Å². The van der Waals surface area contributed by atoms with Crippen LogP contribution in [-0.2, 0) is 0 Å². The van der Waals surface area contributed by atoms with Crippen LogP contribution in [0.15, 0.2) is 82.7 Å². The molecule has 18 heavy (non-hydrogen) atoms. The summed E-state index contributed by atoms with van der Waals surface area (Å²) in [5.74, 6) is 0. The molecule has 2 heteroatoms. The number of rotatable bonds is 0. The first-order valence-electron chi connectivity index (χ1n) is 5.34. The van der Waals surface area contributed by atoms with Crippen LogP contribution in [-0.4, -0.2) is 11.4 Å². The fourth-order valence-corrected chi connectivity index (χ4v) is 1.30. The number of nitrogens with zero attached hydrogens (tertiary/aromatic N) is 2. The van der Waals surface area contributed by atoms with E-state index in [1.54, 1.807) is 48.6 Å². The van der Waals surface area contributed by atoms with Crippen LogP contribution < -0.4 is 10.8 Å². The van der Waals surface area contributed by atoms with Gasteiger partial charge in [-0.05, 0) is 60.1 Å². The minimum absolute atomic E-state index is 0.218. The van der Waals surface area contributed by atoms with E-state index in [0.29, 0.717) is 0 Å². The molecule has 0 saturated carbocycles. The summed E-state index contributed by atoms with van der Waals surface area (Å²) in [7, 11) is 0. The molecule has 0 atom stereocenters. The molecule has 82 valence electrons. The van der Waals surface area contributed by atoms with Gasteiger partial charge in [0.1, 0.15) is 0 Å². The van der Waals surface area contributed by atoms with Crippen molar-refractivity contribution >= 4 is 11.4 Å². The lowest BCUT2D eigenvalue weighted by molar-refractivity contribution is 1.66. The molecule has 2 aliphatic carbocycles. The van der Waals surface area contributed by atoms with Gasteiger partial charge in [0, 0.05) is 11.1 Å². The normalized spacial score (nSPS) is 16.2.